The van der Waals surface area contributed by atoms with E-state index in [9.17, 15) is 14.0 Å². The quantitative estimate of drug-likeness (QED) is 0.792. The summed E-state index contributed by atoms with van der Waals surface area (Å²) in [6.45, 7) is 6.77. The van der Waals surface area contributed by atoms with Crippen molar-refractivity contribution in [1.29, 1.82) is 0 Å². The van der Waals surface area contributed by atoms with Crippen LogP contribution in [-0.4, -0.2) is 47.8 Å². The number of amides is 2. The molecule has 0 aliphatic carbocycles. The van der Waals surface area contributed by atoms with Gasteiger partial charge in [-0.25, -0.2) is 4.39 Å². The van der Waals surface area contributed by atoms with Gasteiger partial charge in [-0.05, 0) is 43.4 Å². The zero-order valence-corrected chi connectivity index (χ0v) is 15.3. The largest absolute Gasteiger partial charge is 0.341 e. The van der Waals surface area contributed by atoms with Crippen LogP contribution in [0.3, 0.4) is 0 Å². The van der Waals surface area contributed by atoms with Gasteiger partial charge in [-0.2, -0.15) is 0 Å². The molecule has 1 saturated heterocycles. The van der Waals surface area contributed by atoms with Gasteiger partial charge in [-0.1, -0.05) is 26.0 Å². The zero-order chi connectivity index (χ0) is 18.2. The molecule has 2 rings (SSSR count). The van der Waals surface area contributed by atoms with E-state index < -0.39 is 0 Å². The van der Waals surface area contributed by atoms with Gasteiger partial charge in [-0.15, -0.1) is 0 Å². The Morgan fingerprint density at radius 3 is 2.24 bits per heavy atom. The van der Waals surface area contributed by atoms with Gasteiger partial charge in [0.25, 0.3) is 0 Å². The Morgan fingerprint density at radius 1 is 1.00 bits per heavy atom. The summed E-state index contributed by atoms with van der Waals surface area (Å²) in [5.74, 6) is 0.178. The van der Waals surface area contributed by atoms with Crippen molar-refractivity contribution in [2.24, 2.45) is 5.92 Å². The Labute approximate surface area is 150 Å². The average molecular weight is 348 g/mol. The Balaban J connectivity index is 1.84. The molecule has 1 fully saturated rings. The van der Waals surface area contributed by atoms with Crippen LogP contribution in [0.25, 0.3) is 0 Å². The lowest BCUT2D eigenvalue weighted by atomic mass is 10.0. The Bertz CT molecular complexity index is 570. The van der Waals surface area contributed by atoms with Crippen molar-refractivity contribution in [2.45, 2.75) is 46.0 Å². The fourth-order valence-electron chi connectivity index (χ4n) is 3.34. The lowest BCUT2D eigenvalue weighted by Crippen LogP contribution is -2.39. The number of carbonyl (C=O) groups is 2. The van der Waals surface area contributed by atoms with Crippen LogP contribution < -0.4 is 0 Å². The third kappa shape index (κ3) is 5.55. The van der Waals surface area contributed by atoms with Gasteiger partial charge in [0, 0.05) is 38.5 Å². The highest BCUT2D eigenvalue weighted by molar-refractivity contribution is 5.79. The molecule has 0 radical (unpaired) electrons. The first kappa shape index (κ1) is 19.4. The molecular formula is C20H29FN2O2. The fraction of sp³-hybridized carbons (Fsp3) is 0.600. The van der Waals surface area contributed by atoms with Crippen LogP contribution >= 0.6 is 0 Å². The van der Waals surface area contributed by atoms with E-state index in [1.54, 1.807) is 12.1 Å². The normalized spacial score (nSPS) is 15.4. The Kier molecular flexibility index (Phi) is 7.41. The molecule has 25 heavy (non-hydrogen) atoms. The molecule has 0 saturated carbocycles. The number of rotatable bonds is 6. The molecule has 0 aromatic heterocycles. The van der Waals surface area contributed by atoms with Gasteiger partial charge in [0.05, 0.1) is 0 Å². The molecule has 0 bridgehead atoms. The first-order valence-corrected chi connectivity index (χ1v) is 9.36. The molecule has 5 heteroatoms. The maximum absolute atomic E-state index is 12.9. The monoisotopic (exact) mass is 348 g/mol. The summed E-state index contributed by atoms with van der Waals surface area (Å²) in [5, 5.41) is 0. The Hall–Kier alpha value is -1.91. The molecule has 1 aromatic carbocycles. The minimum absolute atomic E-state index is 0.0979. The number of aryl methyl sites for hydroxylation is 1. The molecule has 0 spiro atoms. The van der Waals surface area contributed by atoms with Crippen LogP contribution in [0.5, 0.6) is 0 Å². The maximum Gasteiger partial charge on any atom is 0.225 e. The number of hydrogen-bond acceptors (Lipinski definition) is 2. The number of benzene rings is 1. The second kappa shape index (κ2) is 9.54. The van der Waals surface area contributed by atoms with Crippen LogP contribution in [0.1, 0.15) is 45.1 Å². The molecular weight excluding hydrogens is 319 g/mol. The second-order valence-electron chi connectivity index (χ2n) is 6.70. The highest BCUT2D eigenvalue weighted by atomic mass is 19.1. The second-order valence-corrected chi connectivity index (χ2v) is 6.70. The number of halogens is 1. The van der Waals surface area contributed by atoms with Crippen molar-refractivity contribution in [1.82, 2.24) is 9.80 Å². The van der Waals surface area contributed by atoms with Crippen LogP contribution in [0.2, 0.25) is 0 Å². The predicted molar refractivity (Wildman–Crippen MR) is 96.6 cm³/mol. The van der Waals surface area contributed by atoms with Crippen LogP contribution in [-0.2, 0) is 16.0 Å². The van der Waals surface area contributed by atoms with Gasteiger partial charge in [-0.3, -0.25) is 9.59 Å². The average Bonchev–Trinajstić information content (AvgIpc) is 2.88. The summed E-state index contributed by atoms with van der Waals surface area (Å²) in [7, 11) is 0. The predicted octanol–water partition coefficient (Wildman–Crippen LogP) is 3.26. The van der Waals surface area contributed by atoms with Crippen molar-refractivity contribution in [2.75, 3.05) is 26.2 Å². The van der Waals surface area contributed by atoms with E-state index >= 15 is 0 Å². The fourth-order valence-corrected chi connectivity index (χ4v) is 3.34. The molecule has 0 unspecified atom stereocenters. The van der Waals surface area contributed by atoms with Crippen molar-refractivity contribution >= 4 is 11.8 Å². The van der Waals surface area contributed by atoms with Crippen LogP contribution in [0.4, 0.5) is 4.39 Å². The van der Waals surface area contributed by atoms with Crippen LogP contribution in [0.15, 0.2) is 24.3 Å². The Morgan fingerprint density at radius 2 is 1.60 bits per heavy atom. The zero-order valence-electron chi connectivity index (χ0n) is 15.3. The van der Waals surface area contributed by atoms with Crippen molar-refractivity contribution in [3.05, 3.63) is 35.6 Å². The van der Waals surface area contributed by atoms with Gasteiger partial charge < -0.3 is 9.80 Å². The minimum Gasteiger partial charge on any atom is -0.341 e. The van der Waals surface area contributed by atoms with E-state index in [2.05, 4.69) is 13.8 Å². The highest BCUT2D eigenvalue weighted by Gasteiger charge is 2.25. The molecule has 0 atom stereocenters. The third-order valence-electron chi connectivity index (χ3n) is 5.04. The SMILES string of the molecule is CCC(CC)C(=O)N1CCCN(C(=O)CCc2ccc(F)cc2)CC1. The van der Waals surface area contributed by atoms with E-state index in [1.807, 2.05) is 9.80 Å². The smallest absolute Gasteiger partial charge is 0.225 e. The maximum atomic E-state index is 12.9. The molecule has 4 nitrogen and oxygen atoms in total. The van der Waals surface area contributed by atoms with E-state index in [4.69, 9.17) is 0 Å². The van der Waals surface area contributed by atoms with E-state index in [0.717, 1.165) is 31.4 Å². The van der Waals surface area contributed by atoms with Gasteiger partial charge >= 0.3 is 0 Å². The summed E-state index contributed by atoms with van der Waals surface area (Å²) in [6.07, 6.45) is 3.60. The van der Waals surface area contributed by atoms with Crippen LogP contribution in [0, 0.1) is 11.7 Å². The molecule has 1 aliphatic rings. The summed E-state index contributed by atoms with van der Waals surface area (Å²) in [5.41, 5.74) is 0.968. The first-order chi connectivity index (χ1) is 12.0. The topological polar surface area (TPSA) is 40.6 Å². The van der Waals surface area contributed by atoms with Gasteiger partial charge in [0.15, 0.2) is 0 Å². The standard InChI is InChI=1S/C20H29FN2O2/c1-3-17(4-2)20(25)23-13-5-12-22(14-15-23)19(24)11-8-16-6-9-18(21)10-7-16/h6-7,9-10,17H,3-5,8,11-15H2,1-2H3. The van der Waals surface area contributed by atoms with E-state index in [1.165, 1.54) is 12.1 Å². The number of carbonyl (C=O) groups excluding carboxylic acids is 2. The van der Waals surface area contributed by atoms with E-state index in [0.29, 0.717) is 32.5 Å². The highest BCUT2D eigenvalue weighted by Crippen LogP contribution is 2.15. The molecule has 1 aromatic rings. The summed E-state index contributed by atoms with van der Waals surface area (Å²) < 4.78 is 12.9. The van der Waals surface area contributed by atoms with Gasteiger partial charge in [0.1, 0.15) is 5.82 Å². The molecule has 0 N–H and O–H groups in total. The lowest BCUT2D eigenvalue weighted by Gasteiger charge is -2.25. The van der Waals surface area contributed by atoms with Crippen molar-refractivity contribution in [3.63, 3.8) is 0 Å². The molecule has 1 heterocycles. The number of hydrogen-bond donors (Lipinski definition) is 0. The molecule has 1 aliphatic heterocycles. The van der Waals surface area contributed by atoms with Crippen molar-refractivity contribution < 1.29 is 14.0 Å². The van der Waals surface area contributed by atoms with Gasteiger partial charge in [0.2, 0.25) is 11.8 Å². The molecule has 138 valence electrons. The number of nitrogens with zero attached hydrogens (tertiary/aromatic N) is 2. The molecule has 2 amide bonds. The summed E-state index contributed by atoms with van der Waals surface area (Å²) in [6, 6.07) is 6.29. The van der Waals surface area contributed by atoms with Crippen molar-refractivity contribution in [3.8, 4) is 0 Å². The summed E-state index contributed by atoms with van der Waals surface area (Å²) in [4.78, 5) is 28.8. The first-order valence-electron chi connectivity index (χ1n) is 9.36. The lowest BCUT2D eigenvalue weighted by molar-refractivity contribution is -0.136. The third-order valence-corrected chi connectivity index (χ3v) is 5.04. The summed E-state index contributed by atoms with van der Waals surface area (Å²) >= 11 is 0. The van der Waals surface area contributed by atoms with E-state index in [-0.39, 0.29) is 23.5 Å². The minimum atomic E-state index is -0.259.